The molecule has 17 heavy (non-hydrogen) atoms. The van der Waals surface area contributed by atoms with Crippen LogP contribution in [0.1, 0.15) is 17.8 Å². The minimum absolute atomic E-state index is 0.00649. The smallest absolute Gasteiger partial charge is 0.308 e. The topological polar surface area (TPSA) is 118 Å². The highest BCUT2D eigenvalue weighted by atomic mass is 16.5. The molecule has 0 spiro atoms. The second-order valence-electron chi connectivity index (χ2n) is 3.54. The van der Waals surface area contributed by atoms with E-state index < -0.39 is 17.9 Å². The predicted octanol–water partition coefficient (Wildman–Crippen LogP) is -0.442. The SMILES string of the molecule is COCCCc1nc(N)c(CC(=O)O)c(=O)[nH]1. The van der Waals surface area contributed by atoms with Gasteiger partial charge in [0.05, 0.1) is 12.0 Å². The average Bonchev–Trinajstić information content (AvgIpc) is 2.24. The molecular formula is C10H15N3O4. The van der Waals surface area contributed by atoms with Gasteiger partial charge in [-0.15, -0.1) is 0 Å². The summed E-state index contributed by atoms with van der Waals surface area (Å²) in [6, 6.07) is 0. The van der Waals surface area contributed by atoms with Gasteiger partial charge in [0.1, 0.15) is 11.6 Å². The number of carbonyl (C=O) groups is 1. The Labute approximate surface area is 97.6 Å². The molecule has 0 fully saturated rings. The van der Waals surface area contributed by atoms with E-state index in [0.717, 1.165) is 0 Å². The fraction of sp³-hybridized carbons (Fsp3) is 0.500. The van der Waals surface area contributed by atoms with Crippen molar-refractivity contribution in [3.8, 4) is 0 Å². The number of aliphatic carboxylic acids is 1. The predicted molar refractivity (Wildman–Crippen MR) is 60.8 cm³/mol. The van der Waals surface area contributed by atoms with E-state index in [1.165, 1.54) is 0 Å². The van der Waals surface area contributed by atoms with Gasteiger partial charge in [0, 0.05) is 20.1 Å². The number of nitrogens with two attached hydrogens (primary N) is 1. The van der Waals surface area contributed by atoms with Gasteiger partial charge in [0.15, 0.2) is 0 Å². The fourth-order valence-corrected chi connectivity index (χ4v) is 1.39. The number of nitrogen functional groups attached to an aromatic ring is 1. The summed E-state index contributed by atoms with van der Waals surface area (Å²) < 4.78 is 4.87. The van der Waals surface area contributed by atoms with Gasteiger partial charge in [-0.2, -0.15) is 0 Å². The summed E-state index contributed by atoms with van der Waals surface area (Å²) in [6.45, 7) is 0.556. The summed E-state index contributed by atoms with van der Waals surface area (Å²) in [7, 11) is 1.58. The van der Waals surface area contributed by atoms with Crippen LogP contribution >= 0.6 is 0 Å². The number of ether oxygens (including phenoxy) is 1. The Morgan fingerprint density at radius 3 is 2.82 bits per heavy atom. The molecule has 0 bridgehead atoms. The van der Waals surface area contributed by atoms with Crippen LogP contribution in [-0.4, -0.2) is 34.8 Å². The first kappa shape index (κ1) is 13.2. The van der Waals surface area contributed by atoms with Crippen LogP contribution in [0.4, 0.5) is 5.82 Å². The molecule has 1 aromatic heterocycles. The minimum atomic E-state index is -1.11. The molecule has 1 heterocycles. The van der Waals surface area contributed by atoms with E-state index in [0.29, 0.717) is 25.3 Å². The van der Waals surface area contributed by atoms with Crippen molar-refractivity contribution >= 4 is 11.8 Å². The molecule has 0 saturated carbocycles. The monoisotopic (exact) mass is 241 g/mol. The van der Waals surface area contributed by atoms with Crippen LogP contribution in [0.2, 0.25) is 0 Å². The molecule has 0 aromatic carbocycles. The van der Waals surface area contributed by atoms with E-state index in [9.17, 15) is 9.59 Å². The van der Waals surface area contributed by atoms with Crippen molar-refractivity contribution in [3.63, 3.8) is 0 Å². The molecule has 4 N–H and O–H groups in total. The molecule has 94 valence electrons. The van der Waals surface area contributed by atoms with E-state index in [4.69, 9.17) is 15.6 Å². The Bertz CT molecular complexity index is 455. The molecule has 0 atom stereocenters. The van der Waals surface area contributed by atoms with Gasteiger partial charge in [-0.1, -0.05) is 0 Å². The molecule has 0 radical (unpaired) electrons. The summed E-state index contributed by atoms with van der Waals surface area (Å²) in [4.78, 5) is 28.6. The van der Waals surface area contributed by atoms with Crippen molar-refractivity contribution in [2.45, 2.75) is 19.3 Å². The van der Waals surface area contributed by atoms with Crippen LogP contribution in [-0.2, 0) is 22.4 Å². The number of nitrogens with one attached hydrogen (secondary N) is 1. The first-order valence-corrected chi connectivity index (χ1v) is 5.13. The highest BCUT2D eigenvalue weighted by Gasteiger charge is 2.12. The maximum atomic E-state index is 11.6. The second kappa shape index (κ2) is 6.00. The molecule has 1 aromatic rings. The Morgan fingerprint density at radius 1 is 1.59 bits per heavy atom. The molecule has 0 amide bonds. The highest BCUT2D eigenvalue weighted by Crippen LogP contribution is 2.05. The van der Waals surface area contributed by atoms with Crippen LogP contribution < -0.4 is 11.3 Å². The minimum Gasteiger partial charge on any atom is -0.481 e. The zero-order valence-electron chi connectivity index (χ0n) is 9.52. The summed E-state index contributed by atoms with van der Waals surface area (Å²) in [5.41, 5.74) is 5.05. The van der Waals surface area contributed by atoms with Gasteiger partial charge >= 0.3 is 5.97 Å². The molecule has 0 unspecified atom stereocenters. The van der Waals surface area contributed by atoms with Gasteiger partial charge in [-0.3, -0.25) is 9.59 Å². The normalized spacial score (nSPS) is 10.4. The lowest BCUT2D eigenvalue weighted by Gasteiger charge is -2.05. The lowest BCUT2D eigenvalue weighted by atomic mass is 10.2. The summed E-state index contributed by atoms with van der Waals surface area (Å²) in [6.07, 6.45) is 0.810. The Morgan fingerprint density at radius 2 is 2.29 bits per heavy atom. The zero-order valence-corrected chi connectivity index (χ0v) is 9.52. The molecule has 1 rings (SSSR count). The fourth-order valence-electron chi connectivity index (χ4n) is 1.39. The third kappa shape index (κ3) is 3.87. The Balaban J connectivity index is 2.85. The lowest BCUT2D eigenvalue weighted by molar-refractivity contribution is -0.136. The van der Waals surface area contributed by atoms with Crippen LogP contribution in [0, 0.1) is 0 Å². The molecule has 0 aliphatic rings. The van der Waals surface area contributed by atoms with Gasteiger partial charge in [0.25, 0.3) is 5.56 Å². The molecule has 0 aliphatic carbocycles. The van der Waals surface area contributed by atoms with E-state index in [2.05, 4.69) is 9.97 Å². The third-order valence-electron chi connectivity index (χ3n) is 2.19. The number of aryl methyl sites for hydroxylation is 1. The molecule has 0 aliphatic heterocycles. The quantitative estimate of drug-likeness (QED) is 0.581. The maximum Gasteiger partial charge on any atom is 0.308 e. The van der Waals surface area contributed by atoms with Gasteiger partial charge in [-0.05, 0) is 6.42 Å². The number of H-pyrrole nitrogens is 1. The number of aromatic nitrogens is 2. The standard InChI is InChI=1S/C10H15N3O4/c1-17-4-2-3-7-12-9(11)6(5-8(14)15)10(16)13-7/h2-5H2,1H3,(H,14,15)(H3,11,12,13,16). The molecule has 7 nitrogen and oxygen atoms in total. The van der Waals surface area contributed by atoms with Crippen molar-refractivity contribution in [2.24, 2.45) is 0 Å². The van der Waals surface area contributed by atoms with Crippen LogP contribution in [0.25, 0.3) is 0 Å². The number of methoxy groups -OCH3 is 1. The summed E-state index contributed by atoms with van der Waals surface area (Å²) in [5.74, 6) is -0.696. The van der Waals surface area contributed by atoms with Crippen molar-refractivity contribution in [2.75, 3.05) is 19.5 Å². The first-order valence-electron chi connectivity index (χ1n) is 5.13. The van der Waals surface area contributed by atoms with Crippen molar-refractivity contribution < 1.29 is 14.6 Å². The number of aromatic amines is 1. The first-order chi connectivity index (χ1) is 8.04. The van der Waals surface area contributed by atoms with E-state index >= 15 is 0 Å². The number of nitrogens with zero attached hydrogens (tertiary/aromatic N) is 1. The van der Waals surface area contributed by atoms with Crippen LogP contribution in [0.3, 0.4) is 0 Å². The number of carboxylic acid groups (broad SMARTS) is 1. The third-order valence-corrected chi connectivity index (χ3v) is 2.19. The zero-order chi connectivity index (χ0) is 12.8. The van der Waals surface area contributed by atoms with Crippen molar-refractivity contribution in [3.05, 3.63) is 21.7 Å². The van der Waals surface area contributed by atoms with Gasteiger partial charge in [0.2, 0.25) is 0 Å². The molecule has 7 heteroatoms. The second-order valence-corrected chi connectivity index (χ2v) is 3.54. The summed E-state index contributed by atoms with van der Waals surface area (Å²) in [5, 5.41) is 8.61. The summed E-state index contributed by atoms with van der Waals surface area (Å²) >= 11 is 0. The van der Waals surface area contributed by atoms with Gasteiger partial charge in [-0.25, -0.2) is 4.98 Å². The number of hydrogen-bond acceptors (Lipinski definition) is 5. The highest BCUT2D eigenvalue weighted by molar-refractivity contribution is 5.71. The molecular weight excluding hydrogens is 226 g/mol. The Kier molecular flexibility index (Phi) is 4.65. The number of anilines is 1. The van der Waals surface area contributed by atoms with Crippen LogP contribution in [0.5, 0.6) is 0 Å². The van der Waals surface area contributed by atoms with E-state index in [1.54, 1.807) is 7.11 Å². The van der Waals surface area contributed by atoms with Gasteiger partial charge < -0.3 is 20.6 Å². The van der Waals surface area contributed by atoms with E-state index in [-0.39, 0.29) is 11.4 Å². The maximum absolute atomic E-state index is 11.6. The van der Waals surface area contributed by atoms with E-state index in [1.807, 2.05) is 0 Å². The lowest BCUT2D eigenvalue weighted by Crippen LogP contribution is -2.22. The van der Waals surface area contributed by atoms with Crippen LogP contribution in [0.15, 0.2) is 4.79 Å². The largest absolute Gasteiger partial charge is 0.481 e. The number of rotatable bonds is 6. The average molecular weight is 241 g/mol. The van der Waals surface area contributed by atoms with Crippen molar-refractivity contribution in [1.82, 2.24) is 9.97 Å². The number of hydrogen-bond donors (Lipinski definition) is 3. The Hall–Kier alpha value is -1.89. The molecule has 0 saturated heterocycles. The number of carboxylic acids is 1. The van der Waals surface area contributed by atoms with Crippen molar-refractivity contribution in [1.29, 1.82) is 0 Å².